The SMILES string of the molecule is CN(C)CC(=O)N1CCn2c(COc3ccccn3)nnc2C1. The number of hydrogen-bond acceptors (Lipinski definition) is 6. The average molecular weight is 316 g/mol. The summed E-state index contributed by atoms with van der Waals surface area (Å²) in [6.07, 6.45) is 1.68. The van der Waals surface area contributed by atoms with Crippen LogP contribution in [0.25, 0.3) is 0 Å². The maximum absolute atomic E-state index is 12.1. The van der Waals surface area contributed by atoms with E-state index in [9.17, 15) is 4.79 Å². The number of amides is 1. The Morgan fingerprint density at radius 3 is 2.91 bits per heavy atom. The molecule has 23 heavy (non-hydrogen) atoms. The lowest BCUT2D eigenvalue weighted by Gasteiger charge is -2.28. The summed E-state index contributed by atoms with van der Waals surface area (Å²) in [6.45, 7) is 2.55. The fourth-order valence-electron chi connectivity index (χ4n) is 2.48. The highest BCUT2D eigenvalue weighted by Crippen LogP contribution is 2.14. The Kier molecular flexibility index (Phi) is 4.52. The maximum Gasteiger partial charge on any atom is 0.237 e. The first-order chi connectivity index (χ1) is 11.1. The average Bonchev–Trinajstić information content (AvgIpc) is 2.95. The summed E-state index contributed by atoms with van der Waals surface area (Å²) >= 11 is 0. The van der Waals surface area contributed by atoms with Gasteiger partial charge in [0.05, 0.1) is 13.1 Å². The first-order valence-electron chi connectivity index (χ1n) is 7.51. The Morgan fingerprint density at radius 1 is 1.30 bits per heavy atom. The van der Waals surface area contributed by atoms with Crippen molar-refractivity contribution in [3.05, 3.63) is 36.0 Å². The highest BCUT2D eigenvalue weighted by atomic mass is 16.5. The molecule has 1 aliphatic rings. The van der Waals surface area contributed by atoms with Crippen LogP contribution < -0.4 is 4.74 Å². The van der Waals surface area contributed by atoms with Crippen LogP contribution in [0.2, 0.25) is 0 Å². The molecule has 1 aliphatic heterocycles. The predicted molar refractivity (Wildman–Crippen MR) is 82.6 cm³/mol. The molecule has 0 bridgehead atoms. The van der Waals surface area contributed by atoms with Crippen LogP contribution in [-0.4, -0.2) is 62.6 Å². The minimum Gasteiger partial charge on any atom is -0.469 e. The van der Waals surface area contributed by atoms with Crippen molar-refractivity contribution in [1.29, 1.82) is 0 Å². The summed E-state index contributed by atoms with van der Waals surface area (Å²) in [5, 5.41) is 8.37. The number of rotatable bonds is 5. The number of aromatic nitrogens is 4. The third-order valence-corrected chi connectivity index (χ3v) is 3.62. The summed E-state index contributed by atoms with van der Waals surface area (Å²) in [5.41, 5.74) is 0. The van der Waals surface area contributed by atoms with E-state index < -0.39 is 0 Å². The van der Waals surface area contributed by atoms with Gasteiger partial charge in [0.15, 0.2) is 11.6 Å². The molecule has 0 saturated carbocycles. The summed E-state index contributed by atoms with van der Waals surface area (Å²) in [6, 6.07) is 5.51. The van der Waals surface area contributed by atoms with Crippen molar-refractivity contribution >= 4 is 5.91 Å². The quantitative estimate of drug-likeness (QED) is 0.782. The van der Waals surface area contributed by atoms with Gasteiger partial charge < -0.3 is 19.1 Å². The first-order valence-corrected chi connectivity index (χ1v) is 7.51. The minimum atomic E-state index is 0.107. The topological polar surface area (TPSA) is 76.4 Å². The number of carbonyl (C=O) groups excluding carboxylic acids is 1. The van der Waals surface area contributed by atoms with Crippen LogP contribution in [0, 0.1) is 0 Å². The van der Waals surface area contributed by atoms with Crippen LogP contribution in [0.4, 0.5) is 0 Å². The van der Waals surface area contributed by atoms with Crippen molar-refractivity contribution in [2.75, 3.05) is 27.2 Å². The second kappa shape index (κ2) is 6.74. The third kappa shape index (κ3) is 3.65. The molecule has 122 valence electrons. The van der Waals surface area contributed by atoms with Gasteiger partial charge in [-0.1, -0.05) is 6.07 Å². The Bertz CT molecular complexity index is 670. The standard InChI is InChI=1S/C15H20N6O2/c1-19(2)10-15(22)20-7-8-21-12(9-20)17-18-13(21)11-23-14-5-3-4-6-16-14/h3-6H,7-11H2,1-2H3. The summed E-state index contributed by atoms with van der Waals surface area (Å²) in [4.78, 5) is 19.9. The van der Waals surface area contributed by atoms with Crippen molar-refractivity contribution in [2.24, 2.45) is 0 Å². The minimum absolute atomic E-state index is 0.107. The Balaban J connectivity index is 1.63. The highest BCUT2D eigenvalue weighted by Gasteiger charge is 2.24. The molecule has 8 heteroatoms. The van der Waals surface area contributed by atoms with Gasteiger partial charge >= 0.3 is 0 Å². The van der Waals surface area contributed by atoms with E-state index in [0.29, 0.717) is 38.7 Å². The van der Waals surface area contributed by atoms with E-state index in [1.807, 2.05) is 40.6 Å². The number of pyridine rings is 1. The van der Waals surface area contributed by atoms with Crippen molar-refractivity contribution in [2.45, 2.75) is 19.7 Å². The molecule has 0 atom stereocenters. The van der Waals surface area contributed by atoms with Crippen LogP contribution in [0.3, 0.4) is 0 Å². The molecule has 2 aromatic heterocycles. The fraction of sp³-hybridized carbons (Fsp3) is 0.467. The fourth-order valence-corrected chi connectivity index (χ4v) is 2.48. The Hall–Kier alpha value is -2.48. The highest BCUT2D eigenvalue weighted by molar-refractivity contribution is 5.78. The van der Waals surface area contributed by atoms with Gasteiger partial charge in [-0.25, -0.2) is 4.98 Å². The maximum atomic E-state index is 12.1. The van der Waals surface area contributed by atoms with E-state index in [1.54, 1.807) is 12.3 Å². The predicted octanol–water partition coefficient (Wildman–Crippen LogP) is 0.156. The van der Waals surface area contributed by atoms with Gasteiger partial charge in [-0.15, -0.1) is 10.2 Å². The van der Waals surface area contributed by atoms with E-state index in [4.69, 9.17) is 4.74 Å². The van der Waals surface area contributed by atoms with Crippen molar-refractivity contribution in [3.63, 3.8) is 0 Å². The number of fused-ring (bicyclic) bond motifs is 1. The van der Waals surface area contributed by atoms with Crippen molar-refractivity contribution in [3.8, 4) is 5.88 Å². The van der Waals surface area contributed by atoms with E-state index >= 15 is 0 Å². The molecule has 0 radical (unpaired) electrons. The lowest BCUT2D eigenvalue weighted by Crippen LogP contribution is -2.42. The molecule has 0 saturated heterocycles. The van der Waals surface area contributed by atoms with Crippen LogP contribution in [0.15, 0.2) is 24.4 Å². The lowest BCUT2D eigenvalue weighted by atomic mass is 10.3. The molecule has 3 heterocycles. The van der Waals surface area contributed by atoms with Crippen LogP contribution in [-0.2, 0) is 24.5 Å². The molecule has 0 fully saturated rings. The molecule has 3 rings (SSSR count). The molecule has 0 aromatic carbocycles. The van der Waals surface area contributed by atoms with E-state index in [0.717, 1.165) is 11.6 Å². The van der Waals surface area contributed by atoms with Gasteiger partial charge in [-0.2, -0.15) is 0 Å². The van der Waals surface area contributed by atoms with E-state index in [-0.39, 0.29) is 5.91 Å². The van der Waals surface area contributed by atoms with E-state index in [2.05, 4.69) is 15.2 Å². The van der Waals surface area contributed by atoms with Crippen molar-refractivity contribution < 1.29 is 9.53 Å². The lowest BCUT2D eigenvalue weighted by molar-refractivity contribution is -0.133. The normalized spacial score (nSPS) is 14.0. The molecule has 1 amide bonds. The smallest absolute Gasteiger partial charge is 0.237 e. The zero-order valence-corrected chi connectivity index (χ0v) is 13.3. The van der Waals surface area contributed by atoms with Gasteiger partial charge in [-0.3, -0.25) is 4.79 Å². The number of ether oxygens (including phenoxy) is 1. The Labute approximate surface area is 134 Å². The largest absolute Gasteiger partial charge is 0.469 e. The summed E-state index contributed by atoms with van der Waals surface area (Å²) < 4.78 is 7.64. The first kappa shape index (κ1) is 15.4. The Morgan fingerprint density at radius 2 is 2.17 bits per heavy atom. The number of carbonyl (C=O) groups is 1. The molecular formula is C15H20N6O2. The molecular weight excluding hydrogens is 296 g/mol. The van der Waals surface area contributed by atoms with Gasteiger partial charge in [0.2, 0.25) is 11.8 Å². The number of likely N-dealkylation sites (N-methyl/N-ethyl adjacent to an activating group) is 1. The molecule has 0 spiro atoms. The second-order valence-electron chi connectivity index (χ2n) is 5.69. The zero-order valence-electron chi connectivity index (χ0n) is 13.3. The van der Waals surface area contributed by atoms with Crippen molar-refractivity contribution in [1.82, 2.24) is 29.5 Å². The third-order valence-electron chi connectivity index (χ3n) is 3.62. The van der Waals surface area contributed by atoms with Gasteiger partial charge in [0, 0.05) is 25.4 Å². The molecule has 2 aromatic rings. The molecule has 0 N–H and O–H groups in total. The number of hydrogen-bond donors (Lipinski definition) is 0. The van der Waals surface area contributed by atoms with E-state index in [1.165, 1.54) is 0 Å². The molecule has 8 nitrogen and oxygen atoms in total. The molecule has 0 unspecified atom stereocenters. The van der Waals surface area contributed by atoms with Gasteiger partial charge in [-0.05, 0) is 20.2 Å². The number of nitrogens with zero attached hydrogens (tertiary/aromatic N) is 6. The van der Waals surface area contributed by atoms with Crippen LogP contribution in [0.5, 0.6) is 5.88 Å². The second-order valence-corrected chi connectivity index (χ2v) is 5.69. The zero-order chi connectivity index (χ0) is 16.2. The molecule has 0 aliphatic carbocycles. The van der Waals surface area contributed by atoms with Crippen LogP contribution >= 0.6 is 0 Å². The van der Waals surface area contributed by atoms with Crippen LogP contribution in [0.1, 0.15) is 11.6 Å². The summed E-state index contributed by atoms with van der Waals surface area (Å²) in [7, 11) is 3.77. The monoisotopic (exact) mass is 316 g/mol. The van der Waals surface area contributed by atoms with Gasteiger partial charge in [0.1, 0.15) is 6.61 Å². The summed E-state index contributed by atoms with van der Waals surface area (Å²) in [5.74, 6) is 2.22. The van der Waals surface area contributed by atoms with Gasteiger partial charge in [0.25, 0.3) is 0 Å².